The summed E-state index contributed by atoms with van der Waals surface area (Å²) >= 11 is 16.7. The first-order valence-electron chi connectivity index (χ1n) is 6.31. The summed E-state index contributed by atoms with van der Waals surface area (Å²) in [6, 6.07) is 3.02. The first-order chi connectivity index (χ1) is 11.1. The van der Waals surface area contributed by atoms with E-state index in [1.54, 1.807) is 6.07 Å². The molecule has 0 saturated carbocycles. The van der Waals surface area contributed by atoms with Gasteiger partial charge in [0, 0.05) is 12.1 Å². The first kappa shape index (κ1) is 17.7. The van der Waals surface area contributed by atoms with Crippen molar-refractivity contribution in [2.24, 2.45) is 0 Å². The van der Waals surface area contributed by atoms with Gasteiger partial charge in [-0.05, 0) is 0 Å². The summed E-state index contributed by atoms with van der Waals surface area (Å²) in [6.45, 7) is 1.12. The quantitative estimate of drug-likeness (QED) is 0.862. The second-order valence-electron chi connectivity index (χ2n) is 3.93. The summed E-state index contributed by atoms with van der Waals surface area (Å²) in [5.41, 5.74) is 0. The van der Waals surface area contributed by atoms with Crippen LogP contribution in [0.3, 0.4) is 0 Å². The number of ether oxygens (including phenoxy) is 3. The fourth-order valence-electron chi connectivity index (χ4n) is 1.43. The number of rotatable bonds is 3. The molecule has 1 N–H and O–H groups in total. The molecular weight excluding hydrogens is 371 g/mol. The standard InChI is InChI=1S/C6H6Cl2N2O2.C6H5ClN2O2/c7-5-3-4(12-2-1-11)6(8)10-9-5;7-5-3-4-6(9-8-5)11-2-1-10-4/h3,11H,1-2H2;3H,1-2H2. The van der Waals surface area contributed by atoms with Gasteiger partial charge in [-0.1, -0.05) is 34.8 Å². The van der Waals surface area contributed by atoms with Gasteiger partial charge >= 0.3 is 0 Å². The average molecular weight is 382 g/mol. The number of fused-ring (bicyclic) bond motifs is 1. The zero-order chi connectivity index (χ0) is 16.7. The SMILES string of the molecule is Clc1cc2c(nn1)OCCO2.OCCOc1cc(Cl)nnc1Cl. The molecule has 0 atom stereocenters. The van der Waals surface area contributed by atoms with Crippen molar-refractivity contribution in [3.05, 3.63) is 27.6 Å². The van der Waals surface area contributed by atoms with Gasteiger partial charge in [-0.15, -0.1) is 20.4 Å². The fraction of sp³-hybridized carbons (Fsp3) is 0.333. The second kappa shape index (κ2) is 8.88. The van der Waals surface area contributed by atoms with E-state index in [1.165, 1.54) is 6.07 Å². The highest BCUT2D eigenvalue weighted by molar-refractivity contribution is 6.32. The van der Waals surface area contributed by atoms with Crippen molar-refractivity contribution < 1.29 is 19.3 Å². The molecule has 3 rings (SSSR count). The highest BCUT2D eigenvalue weighted by Crippen LogP contribution is 2.27. The molecule has 0 radical (unpaired) electrons. The monoisotopic (exact) mass is 380 g/mol. The molecule has 8 nitrogen and oxygen atoms in total. The second-order valence-corrected chi connectivity index (χ2v) is 5.06. The highest BCUT2D eigenvalue weighted by Gasteiger charge is 2.13. The third-order valence-corrected chi connectivity index (χ3v) is 2.94. The molecule has 0 fully saturated rings. The van der Waals surface area contributed by atoms with Crippen molar-refractivity contribution in [1.29, 1.82) is 0 Å². The highest BCUT2D eigenvalue weighted by atomic mass is 35.5. The molecule has 11 heteroatoms. The van der Waals surface area contributed by atoms with Crippen molar-refractivity contribution in [1.82, 2.24) is 20.4 Å². The van der Waals surface area contributed by atoms with E-state index in [1.807, 2.05) is 0 Å². The largest absolute Gasteiger partial charge is 0.488 e. The normalized spacial score (nSPS) is 12.2. The summed E-state index contributed by atoms with van der Waals surface area (Å²) in [4.78, 5) is 0. The maximum absolute atomic E-state index is 8.45. The molecule has 0 bridgehead atoms. The van der Waals surface area contributed by atoms with Crippen LogP contribution in [0.2, 0.25) is 15.5 Å². The van der Waals surface area contributed by atoms with E-state index in [2.05, 4.69) is 20.4 Å². The Kier molecular flexibility index (Phi) is 6.85. The van der Waals surface area contributed by atoms with Gasteiger partial charge in [-0.25, -0.2) is 0 Å². The Morgan fingerprint density at radius 1 is 1.00 bits per heavy atom. The van der Waals surface area contributed by atoms with Crippen LogP contribution in [0, 0.1) is 0 Å². The Hall–Kier alpha value is -1.61. The zero-order valence-electron chi connectivity index (χ0n) is 11.6. The summed E-state index contributed by atoms with van der Waals surface area (Å²) in [5, 5.41) is 23.4. The Balaban J connectivity index is 0.000000167. The van der Waals surface area contributed by atoms with Crippen molar-refractivity contribution in [3.8, 4) is 17.4 Å². The summed E-state index contributed by atoms with van der Waals surface area (Å²) in [5.74, 6) is 1.31. The van der Waals surface area contributed by atoms with E-state index in [9.17, 15) is 0 Å². The molecular formula is C12H11Cl3N4O4. The number of aliphatic hydroxyl groups excluding tert-OH is 1. The van der Waals surface area contributed by atoms with Crippen LogP contribution >= 0.6 is 34.8 Å². The Labute approximate surface area is 146 Å². The molecule has 23 heavy (non-hydrogen) atoms. The third-order valence-electron chi connectivity index (χ3n) is 2.31. The lowest BCUT2D eigenvalue weighted by Crippen LogP contribution is -2.16. The first-order valence-corrected chi connectivity index (χ1v) is 7.44. The zero-order valence-corrected chi connectivity index (χ0v) is 13.8. The van der Waals surface area contributed by atoms with Crippen molar-refractivity contribution in [2.45, 2.75) is 0 Å². The van der Waals surface area contributed by atoms with Crippen LogP contribution in [-0.4, -0.2) is 51.9 Å². The van der Waals surface area contributed by atoms with Gasteiger partial charge in [0.1, 0.15) is 19.8 Å². The lowest BCUT2D eigenvalue weighted by atomic mass is 10.5. The van der Waals surface area contributed by atoms with Crippen LogP contribution in [0.4, 0.5) is 0 Å². The molecule has 0 amide bonds. The van der Waals surface area contributed by atoms with Crippen molar-refractivity contribution >= 4 is 34.8 Å². The minimum atomic E-state index is -0.0870. The van der Waals surface area contributed by atoms with E-state index in [0.717, 1.165) is 0 Å². The number of aliphatic hydroxyl groups is 1. The lowest BCUT2D eigenvalue weighted by molar-refractivity contribution is 0.162. The van der Waals surface area contributed by atoms with Gasteiger partial charge in [0.25, 0.3) is 5.88 Å². The molecule has 124 valence electrons. The minimum absolute atomic E-state index is 0.0870. The smallest absolute Gasteiger partial charge is 0.276 e. The average Bonchev–Trinajstić information content (AvgIpc) is 2.56. The number of hydrogen-bond acceptors (Lipinski definition) is 8. The predicted octanol–water partition coefficient (Wildman–Crippen LogP) is 2.06. The van der Waals surface area contributed by atoms with Gasteiger partial charge in [-0.3, -0.25) is 0 Å². The molecule has 3 heterocycles. The number of nitrogens with zero attached hydrogens (tertiary/aromatic N) is 4. The van der Waals surface area contributed by atoms with Crippen LogP contribution in [-0.2, 0) is 0 Å². The molecule has 0 saturated heterocycles. The van der Waals surface area contributed by atoms with Gasteiger partial charge in [0.2, 0.25) is 0 Å². The molecule has 2 aromatic heterocycles. The number of halogens is 3. The van der Waals surface area contributed by atoms with Gasteiger partial charge < -0.3 is 19.3 Å². The molecule has 0 aliphatic carbocycles. The minimum Gasteiger partial charge on any atom is -0.488 e. The third kappa shape index (κ3) is 5.51. The Bertz CT molecular complexity index is 662. The summed E-state index contributed by atoms with van der Waals surface area (Å²) < 4.78 is 15.3. The van der Waals surface area contributed by atoms with Gasteiger partial charge in [0.05, 0.1) is 6.61 Å². The van der Waals surface area contributed by atoms with E-state index in [-0.39, 0.29) is 23.5 Å². The van der Waals surface area contributed by atoms with Crippen LogP contribution in [0.25, 0.3) is 0 Å². The Morgan fingerprint density at radius 3 is 2.48 bits per heavy atom. The topological polar surface area (TPSA) is 99.5 Å². The molecule has 0 unspecified atom stereocenters. The van der Waals surface area contributed by atoms with Crippen molar-refractivity contribution in [2.75, 3.05) is 26.4 Å². The summed E-state index contributed by atoms with van der Waals surface area (Å²) in [7, 11) is 0. The maximum atomic E-state index is 8.45. The Morgan fingerprint density at radius 2 is 1.70 bits per heavy atom. The van der Waals surface area contributed by atoms with Crippen molar-refractivity contribution in [3.63, 3.8) is 0 Å². The number of hydrogen-bond donors (Lipinski definition) is 1. The van der Waals surface area contributed by atoms with E-state index in [4.69, 9.17) is 54.1 Å². The number of aromatic nitrogens is 4. The summed E-state index contributed by atoms with van der Waals surface area (Å²) in [6.07, 6.45) is 0. The lowest BCUT2D eigenvalue weighted by Gasteiger charge is -2.15. The molecule has 0 spiro atoms. The van der Waals surface area contributed by atoms with Crippen LogP contribution in [0.15, 0.2) is 12.1 Å². The van der Waals surface area contributed by atoms with Crippen LogP contribution in [0.1, 0.15) is 0 Å². The molecule has 1 aliphatic heterocycles. The van der Waals surface area contributed by atoms with Gasteiger partial charge in [0.15, 0.2) is 27.0 Å². The van der Waals surface area contributed by atoms with Gasteiger partial charge in [-0.2, -0.15) is 0 Å². The molecule has 0 aromatic carbocycles. The molecule has 1 aliphatic rings. The predicted molar refractivity (Wildman–Crippen MR) is 82.7 cm³/mol. The fourth-order valence-corrected chi connectivity index (χ4v) is 1.85. The maximum Gasteiger partial charge on any atom is 0.276 e. The van der Waals surface area contributed by atoms with E-state index >= 15 is 0 Å². The van der Waals surface area contributed by atoms with E-state index in [0.29, 0.717) is 35.7 Å². The van der Waals surface area contributed by atoms with Crippen LogP contribution in [0.5, 0.6) is 17.4 Å². The van der Waals surface area contributed by atoms with E-state index < -0.39 is 0 Å². The van der Waals surface area contributed by atoms with Crippen LogP contribution < -0.4 is 14.2 Å². The molecule has 2 aromatic rings.